The lowest BCUT2D eigenvalue weighted by Gasteiger charge is -2.48. The Bertz CT molecular complexity index is 4620. The van der Waals surface area contributed by atoms with Crippen LogP contribution >= 0.6 is 0 Å². The number of nitrogens with zero attached hydrogens (tertiary/aromatic N) is 2. The van der Waals surface area contributed by atoms with E-state index in [-0.39, 0.29) is 12.1 Å². The van der Waals surface area contributed by atoms with E-state index in [1.165, 1.54) is 22.0 Å². The average Bonchev–Trinajstić information content (AvgIpc) is 0.690. The molecular formula is C82H57BN2O2. The van der Waals surface area contributed by atoms with Crippen molar-refractivity contribution in [3.63, 3.8) is 0 Å². The third-order valence-electron chi connectivity index (χ3n) is 18.2. The Morgan fingerprint density at radius 1 is 0.264 bits per heavy atom. The molecular weight excluding hydrogens is 1060 g/mol. The molecule has 13 aromatic rings. The van der Waals surface area contributed by atoms with Crippen LogP contribution in [0.1, 0.15) is 26.3 Å². The normalized spacial score (nSPS) is 12.9. The van der Waals surface area contributed by atoms with Crippen molar-refractivity contribution in [1.82, 2.24) is 0 Å². The van der Waals surface area contributed by atoms with Crippen LogP contribution in [0.25, 0.3) is 89.0 Å². The van der Waals surface area contributed by atoms with Crippen LogP contribution < -0.4 is 35.7 Å². The average molecular weight is 1110 g/mol. The maximum atomic E-state index is 7.39. The molecule has 0 bridgehead atoms. The molecule has 0 amide bonds. The second-order valence-electron chi connectivity index (χ2n) is 24.3. The molecule has 13 aromatic carbocycles. The second kappa shape index (κ2) is 19.9. The molecule has 0 fully saturated rings. The molecule has 87 heavy (non-hydrogen) atoms. The second-order valence-corrected chi connectivity index (χ2v) is 24.3. The first-order chi connectivity index (χ1) is 42.8. The molecule has 0 saturated heterocycles. The zero-order valence-electron chi connectivity index (χ0n) is 48.5. The minimum Gasteiger partial charge on any atom is -0.456 e. The van der Waals surface area contributed by atoms with Crippen LogP contribution in [0.3, 0.4) is 0 Å². The van der Waals surface area contributed by atoms with Gasteiger partial charge in [0.15, 0.2) is 0 Å². The van der Waals surface area contributed by atoms with Crippen molar-refractivity contribution in [1.29, 1.82) is 0 Å². The molecule has 17 rings (SSSR count). The predicted molar refractivity (Wildman–Crippen MR) is 363 cm³/mol. The van der Waals surface area contributed by atoms with Gasteiger partial charge in [0.1, 0.15) is 23.0 Å². The summed E-state index contributed by atoms with van der Waals surface area (Å²) in [4.78, 5) is 5.38. The molecule has 4 aliphatic rings. The van der Waals surface area contributed by atoms with Gasteiger partial charge in [-0.2, -0.15) is 0 Å². The lowest BCUT2D eigenvalue weighted by Crippen LogP contribution is -2.62. The molecule has 0 unspecified atom stereocenters. The number of hydrogen-bond acceptors (Lipinski definition) is 4. The molecule has 0 N–H and O–H groups in total. The number of para-hydroxylation sites is 6. The van der Waals surface area contributed by atoms with Crippen LogP contribution in [-0.2, 0) is 5.41 Å². The summed E-state index contributed by atoms with van der Waals surface area (Å²) in [5.74, 6) is 3.15. The molecule has 4 aliphatic heterocycles. The summed E-state index contributed by atoms with van der Waals surface area (Å²) in [6.07, 6.45) is 0. The van der Waals surface area contributed by atoms with Gasteiger partial charge in [0.25, 0.3) is 6.71 Å². The van der Waals surface area contributed by atoms with Crippen LogP contribution in [0.15, 0.2) is 291 Å². The minimum absolute atomic E-state index is 0.320. The SMILES string of the molecule is CC(C)(C)c1cc2c3c(c1)N1c4c(cc(-c5ccccc5)cc4-c4ccccc4Oc4ccccc4-c4cccc(-c5ccccc5)c41)B3c1cc(-c3ccccc3)cc3c1N2c1c(-c2ccccc2)cccc1-c1ccccc1Oc1ccccc1-3. The van der Waals surface area contributed by atoms with E-state index in [0.717, 1.165) is 146 Å². The zero-order valence-corrected chi connectivity index (χ0v) is 48.5. The summed E-state index contributed by atoms with van der Waals surface area (Å²) in [6, 6.07) is 107. The third kappa shape index (κ3) is 8.07. The standard InChI is InChI=1S/C82H57BN2O2/c1-82(2,3)58-50-71-77-72(51-58)85-79-60(55-32-14-7-15-33-55)39-25-41-66(79)62-35-17-21-43-74(62)87-76-45-23-19-37-64(76)68-47-57(53-28-10-5-11-29-53)49-70(81(68)85)83(77)69-48-56(52-26-8-4-9-27-52)46-67-63-36-18-22-44-75(63)86-73-42-20-16-34-61(73)65-40-24-38-59(54-30-12-6-13-31-54)78(65)84(71)80(67)69/h4-51H,1-3H3. The zero-order chi connectivity index (χ0) is 57.9. The Kier molecular flexibility index (Phi) is 11.6. The number of rotatable bonds is 4. The summed E-state index contributed by atoms with van der Waals surface area (Å²) in [5, 5.41) is 0. The highest BCUT2D eigenvalue weighted by atomic mass is 16.5. The number of benzene rings is 13. The van der Waals surface area contributed by atoms with Gasteiger partial charge in [0.05, 0.1) is 11.4 Å². The van der Waals surface area contributed by atoms with Gasteiger partial charge in [-0.1, -0.05) is 263 Å². The summed E-state index contributed by atoms with van der Waals surface area (Å²) >= 11 is 0. The quantitative estimate of drug-likeness (QED) is 0.164. The van der Waals surface area contributed by atoms with Crippen LogP contribution in [0.4, 0.5) is 34.1 Å². The van der Waals surface area contributed by atoms with Crippen molar-refractivity contribution in [2.45, 2.75) is 26.2 Å². The van der Waals surface area contributed by atoms with Gasteiger partial charge in [0.2, 0.25) is 0 Å². The largest absolute Gasteiger partial charge is 0.456 e. The van der Waals surface area contributed by atoms with E-state index in [2.05, 4.69) is 322 Å². The van der Waals surface area contributed by atoms with E-state index >= 15 is 0 Å². The lowest BCUT2D eigenvalue weighted by molar-refractivity contribution is 0.486. The first-order valence-corrected chi connectivity index (χ1v) is 30.2. The maximum absolute atomic E-state index is 7.39. The molecule has 5 heteroatoms. The fourth-order valence-corrected chi connectivity index (χ4v) is 14.2. The topological polar surface area (TPSA) is 24.9 Å². The van der Waals surface area contributed by atoms with Crippen LogP contribution in [-0.4, -0.2) is 6.71 Å². The summed E-state index contributed by atoms with van der Waals surface area (Å²) in [5.41, 5.74) is 28.4. The maximum Gasteiger partial charge on any atom is 0.252 e. The highest BCUT2D eigenvalue weighted by Gasteiger charge is 2.48. The van der Waals surface area contributed by atoms with Gasteiger partial charge in [-0.25, -0.2) is 0 Å². The van der Waals surface area contributed by atoms with Crippen molar-refractivity contribution in [2.75, 3.05) is 9.80 Å². The van der Waals surface area contributed by atoms with Crippen LogP contribution in [0.2, 0.25) is 0 Å². The predicted octanol–water partition coefficient (Wildman–Crippen LogP) is 20.6. The van der Waals surface area contributed by atoms with Gasteiger partial charge < -0.3 is 19.3 Å². The molecule has 0 saturated carbocycles. The highest BCUT2D eigenvalue weighted by Crippen LogP contribution is 2.59. The number of hydrogen-bond donors (Lipinski definition) is 0. The monoisotopic (exact) mass is 1110 g/mol. The van der Waals surface area contributed by atoms with Crippen molar-refractivity contribution in [3.8, 4) is 112 Å². The molecule has 410 valence electrons. The van der Waals surface area contributed by atoms with E-state index in [9.17, 15) is 0 Å². The fraction of sp³-hybridized carbons (Fsp3) is 0.0488. The van der Waals surface area contributed by atoms with Crippen LogP contribution in [0, 0.1) is 0 Å². The minimum atomic E-state index is -0.322. The van der Waals surface area contributed by atoms with E-state index in [1.54, 1.807) is 0 Å². The summed E-state index contributed by atoms with van der Waals surface area (Å²) < 4.78 is 14.8. The molecule has 4 nitrogen and oxygen atoms in total. The van der Waals surface area contributed by atoms with Gasteiger partial charge in [-0.3, -0.25) is 0 Å². The molecule has 0 radical (unpaired) electrons. The van der Waals surface area contributed by atoms with E-state index in [1.807, 2.05) is 0 Å². The lowest BCUT2D eigenvalue weighted by atomic mass is 9.32. The molecule has 0 atom stereocenters. The van der Waals surface area contributed by atoms with Crippen molar-refractivity contribution >= 4 is 57.2 Å². The number of ether oxygens (including phenoxy) is 2. The van der Waals surface area contributed by atoms with Gasteiger partial charge in [-0.15, -0.1) is 0 Å². The number of fused-ring (bicyclic) bond motifs is 16. The van der Waals surface area contributed by atoms with E-state index in [4.69, 9.17) is 9.47 Å². The van der Waals surface area contributed by atoms with Crippen LogP contribution in [0.5, 0.6) is 23.0 Å². The summed E-state index contributed by atoms with van der Waals surface area (Å²) in [7, 11) is 0. The molecule has 0 aromatic heterocycles. The summed E-state index contributed by atoms with van der Waals surface area (Å²) in [6.45, 7) is 6.78. The first kappa shape index (κ1) is 50.6. The Hall–Kier alpha value is -10.9. The van der Waals surface area contributed by atoms with Crippen molar-refractivity contribution in [2.24, 2.45) is 0 Å². The molecule has 0 spiro atoms. The van der Waals surface area contributed by atoms with E-state index in [0.29, 0.717) is 0 Å². The Balaban J connectivity index is 1.13. The van der Waals surface area contributed by atoms with Gasteiger partial charge in [0, 0.05) is 78.4 Å². The van der Waals surface area contributed by atoms with Gasteiger partial charge in [-0.05, 0) is 109 Å². The highest BCUT2D eigenvalue weighted by molar-refractivity contribution is 7.00. The number of anilines is 6. The Morgan fingerprint density at radius 3 is 0.943 bits per heavy atom. The Labute approximate surface area is 508 Å². The van der Waals surface area contributed by atoms with Crippen molar-refractivity contribution < 1.29 is 9.47 Å². The first-order valence-electron chi connectivity index (χ1n) is 30.2. The smallest absolute Gasteiger partial charge is 0.252 e. The van der Waals surface area contributed by atoms with E-state index < -0.39 is 0 Å². The third-order valence-corrected chi connectivity index (χ3v) is 18.2. The fourth-order valence-electron chi connectivity index (χ4n) is 14.2. The molecule has 4 heterocycles. The van der Waals surface area contributed by atoms with Gasteiger partial charge >= 0.3 is 0 Å². The molecule has 0 aliphatic carbocycles. The van der Waals surface area contributed by atoms with Crippen molar-refractivity contribution in [3.05, 3.63) is 297 Å². The Morgan fingerprint density at radius 2 is 0.575 bits per heavy atom.